The number of nitrogens with zero attached hydrogens (tertiary/aromatic N) is 2. The SMILES string of the molecule is CO[C@@H]1[C@H](O)[C@@H](/C=C/P(=O)(O)O)O[C@H]1n1ccc(N)nc1=O. The number of aliphatic hydroxyl groups is 1. The van der Waals surface area contributed by atoms with Crippen LogP contribution in [-0.4, -0.2) is 49.9 Å². The van der Waals surface area contributed by atoms with Crippen LogP contribution in [0.5, 0.6) is 0 Å². The summed E-state index contributed by atoms with van der Waals surface area (Å²) >= 11 is 0. The fraction of sp³-hybridized carbons (Fsp3) is 0.455. The molecule has 122 valence electrons. The zero-order chi connectivity index (χ0) is 16.5. The van der Waals surface area contributed by atoms with Crippen LogP contribution in [0.4, 0.5) is 5.82 Å². The van der Waals surface area contributed by atoms with Crippen molar-refractivity contribution in [3.05, 3.63) is 34.6 Å². The normalized spacial score (nSPS) is 29.3. The Morgan fingerprint density at radius 2 is 2.23 bits per heavy atom. The van der Waals surface area contributed by atoms with E-state index in [1.165, 1.54) is 19.4 Å². The lowest BCUT2D eigenvalue weighted by atomic mass is 10.1. The van der Waals surface area contributed by atoms with Gasteiger partial charge in [-0.15, -0.1) is 0 Å². The average Bonchev–Trinajstić information content (AvgIpc) is 2.72. The van der Waals surface area contributed by atoms with Crippen molar-refractivity contribution in [1.82, 2.24) is 9.55 Å². The van der Waals surface area contributed by atoms with E-state index in [0.717, 1.165) is 10.6 Å². The Morgan fingerprint density at radius 3 is 2.77 bits per heavy atom. The number of hydrogen-bond acceptors (Lipinski definition) is 7. The highest BCUT2D eigenvalue weighted by atomic mass is 31.2. The van der Waals surface area contributed by atoms with Crippen molar-refractivity contribution >= 4 is 13.4 Å². The Kier molecular flexibility index (Phi) is 4.81. The van der Waals surface area contributed by atoms with Crippen LogP contribution in [0.15, 0.2) is 29.0 Å². The van der Waals surface area contributed by atoms with E-state index >= 15 is 0 Å². The molecule has 4 atom stereocenters. The summed E-state index contributed by atoms with van der Waals surface area (Å²) in [5.41, 5.74) is 4.70. The first-order valence-corrected chi connectivity index (χ1v) is 7.86. The summed E-state index contributed by atoms with van der Waals surface area (Å²) in [6, 6.07) is 1.38. The largest absolute Gasteiger partial charge is 0.387 e. The summed E-state index contributed by atoms with van der Waals surface area (Å²) in [6.45, 7) is 0. The topological polar surface area (TPSA) is 157 Å². The predicted molar refractivity (Wildman–Crippen MR) is 74.8 cm³/mol. The van der Waals surface area contributed by atoms with E-state index < -0.39 is 37.8 Å². The standard InChI is InChI=1S/C11H16N3O7P/c1-20-9-8(15)6(3-5-22(17,18)19)21-10(9)14-4-2-7(12)13-11(14)16/h2-6,8-10,15H,1H3,(H2,12,13,16)(H2,17,18,19)/b5-3+/t6-,8-,9-,10-/m1/s1. The summed E-state index contributed by atoms with van der Waals surface area (Å²) in [7, 11) is -3.08. The van der Waals surface area contributed by atoms with Crippen molar-refractivity contribution in [2.45, 2.75) is 24.5 Å². The molecule has 0 aromatic carbocycles. The minimum absolute atomic E-state index is 0.0340. The number of aromatic nitrogens is 2. The summed E-state index contributed by atoms with van der Waals surface area (Å²) in [4.78, 5) is 33.0. The maximum absolute atomic E-state index is 11.8. The van der Waals surface area contributed by atoms with Crippen molar-refractivity contribution < 1.29 is 28.9 Å². The first-order chi connectivity index (χ1) is 10.2. The number of nitrogen functional groups attached to an aromatic ring is 1. The molecule has 1 aromatic rings. The van der Waals surface area contributed by atoms with Crippen LogP contribution in [0.1, 0.15) is 6.23 Å². The minimum Gasteiger partial charge on any atom is -0.387 e. The van der Waals surface area contributed by atoms with Gasteiger partial charge in [-0.1, -0.05) is 0 Å². The summed E-state index contributed by atoms with van der Waals surface area (Å²) in [5, 5.41) is 10.1. The Balaban J connectivity index is 2.31. The van der Waals surface area contributed by atoms with E-state index in [0.29, 0.717) is 5.82 Å². The molecule has 0 bridgehead atoms. The number of rotatable bonds is 4. The third kappa shape index (κ3) is 3.61. The third-order valence-electron chi connectivity index (χ3n) is 3.12. The molecule has 2 heterocycles. The lowest BCUT2D eigenvalue weighted by Gasteiger charge is -2.20. The van der Waals surface area contributed by atoms with Gasteiger partial charge in [0.25, 0.3) is 0 Å². The van der Waals surface area contributed by atoms with E-state index in [4.69, 9.17) is 25.0 Å². The van der Waals surface area contributed by atoms with Crippen LogP contribution in [0.25, 0.3) is 0 Å². The van der Waals surface area contributed by atoms with Gasteiger partial charge in [0.2, 0.25) is 0 Å². The number of anilines is 1. The highest BCUT2D eigenvalue weighted by Gasteiger charge is 2.44. The maximum Gasteiger partial charge on any atom is 0.351 e. The Bertz CT molecular complexity index is 670. The van der Waals surface area contributed by atoms with Crippen molar-refractivity contribution in [2.75, 3.05) is 12.8 Å². The maximum atomic E-state index is 11.8. The van der Waals surface area contributed by atoms with Gasteiger partial charge >= 0.3 is 13.3 Å². The number of hydrogen-bond donors (Lipinski definition) is 4. The lowest BCUT2D eigenvalue weighted by molar-refractivity contribution is -0.0490. The van der Waals surface area contributed by atoms with Crippen LogP contribution in [-0.2, 0) is 14.0 Å². The lowest BCUT2D eigenvalue weighted by Crippen LogP contribution is -2.36. The molecule has 1 aliphatic heterocycles. The highest BCUT2D eigenvalue weighted by Crippen LogP contribution is 2.38. The molecule has 0 aliphatic carbocycles. The fourth-order valence-electron chi connectivity index (χ4n) is 2.13. The smallest absolute Gasteiger partial charge is 0.351 e. The predicted octanol–water partition coefficient (Wildman–Crippen LogP) is -1.21. The molecular formula is C11H16N3O7P. The van der Waals surface area contributed by atoms with Crippen molar-refractivity contribution in [1.29, 1.82) is 0 Å². The Morgan fingerprint density at radius 1 is 1.55 bits per heavy atom. The molecule has 0 radical (unpaired) electrons. The van der Waals surface area contributed by atoms with Gasteiger partial charge in [-0.3, -0.25) is 9.13 Å². The Hall–Kier alpha value is -1.55. The van der Waals surface area contributed by atoms with Gasteiger partial charge in [-0.25, -0.2) is 4.79 Å². The number of methoxy groups -OCH3 is 1. The van der Waals surface area contributed by atoms with Gasteiger partial charge in [0.15, 0.2) is 6.23 Å². The molecule has 0 unspecified atom stereocenters. The molecule has 0 spiro atoms. The van der Waals surface area contributed by atoms with Gasteiger partial charge in [0.1, 0.15) is 24.1 Å². The second-order valence-corrected chi connectivity index (χ2v) is 6.13. The zero-order valence-corrected chi connectivity index (χ0v) is 12.4. The quantitative estimate of drug-likeness (QED) is 0.496. The summed E-state index contributed by atoms with van der Waals surface area (Å²) in [5.74, 6) is 0.659. The van der Waals surface area contributed by atoms with Crippen molar-refractivity contribution in [3.63, 3.8) is 0 Å². The number of aliphatic hydroxyl groups excluding tert-OH is 1. The monoisotopic (exact) mass is 333 g/mol. The molecule has 22 heavy (non-hydrogen) atoms. The third-order valence-corrected chi connectivity index (χ3v) is 3.68. The molecule has 1 fully saturated rings. The fourth-order valence-corrected chi connectivity index (χ4v) is 2.52. The molecule has 5 N–H and O–H groups in total. The molecule has 11 heteroatoms. The molecule has 0 amide bonds. The van der Waals surface area contributed by atoms with Gasteiger partial charge in [0.05, 0.1) is 0 Å². The molecule has 10 nitrogen and oxygen atoms in total. The second-order valence-electron chi connectivity index (χ2n) is 4.66. The van der Waals surface area contributed by atoms with Crippen molar-refractivity contribution in [3.8, 4) is 0 Å². The number of ether oxygens (including phenoxy) is 2. The average molecular weight is 333 g/mol. The number of nitrogens with two attached hydrogens (primary N) is 1. The minimum atomic E-state index is -4.39. The zero-order valence-electron chi connectivity index (χ0n) is 11.5. The van der Waals surface area contributed by atoms with Crippen LogP contribution in [0.3, 0.4) is 0 Å². The molecular weight excluding hydrogens is 317 g/mol. The van der Waals surface area contributed by atoms with Crippen LogP contribution >= 0.6 is 7.60 Å². The Labute approximate surface area is 125 Å². The highest BCUT2D eigenvalue weighted by molar-refractivity contribution is 7.55. The van der Waals surface area contributed by atoms with Gasteiger partial charge in [-0.05, 0) is 12.1 Å². The van der Waals surface area contributed by atoms with E-state index in [2.05, 4.69) is 4.98 Å². The molecule has 1 aliphatic rings. The van der Waals surface area contributed by atoms with Crippen LogP contribution in [0, 0.1) is 0 Å². The van der Waals surface area contributed by atoms with Crippen LogP contribution in [0.2, 0.25) is 0 Å². The first-order valence-electron chi connectivity index (χ1n) is 6.18. The van der Waals surface area contributed by atoms with Gasteiger partial charge < -0.3 is 30.1 Å². The van der Waals surface area contributed by atoms with E-state index in [1.807, 2.05) is 0 Å². The summed E-state index contributed by atoms with van der Waals surface area (Å²) < 4.78 is 22.5. The molecule has 0 saturated carbocycles. The molecule has 1 saturated heterocycles. The van der Waals surface area contributed by atoms with Gasteiger partial charge in [0, 0.05) is 19.1 Å². The molecule has 1 aromatic heterocycles. The molecule has 2 rings (SSSR count). The summed E-state index contributed by atoms with van der Waals surface area (Å²) in [6.07, 6.45) is -1.83. The first kappa shape index (κ1) is 16.8. The van der Waals surface area contributed by atoms with E-state index in [1.54, 1.807) is 0 Å². The van der Waals surface area contributed by atoms with Crippen molar-refractivity contribution in [2.24, 2.45) is 0 Å². The van der Waals surface area contributed by atoms with Crippen LogP contribution < -0.4 is 11.4 Å². The van der Waals surface area contributed by atoms with Gasteiger partial charge in [-0.2, -0.15) is 4.98 Å². The van der Waals surface area contributed by atoms with E-state index in [9.17, 15) is 14.5 Å². The van der Waals surface area contributed by atoms with E-state index in [-0.39, 0.29) is 5.82 Å². The second kappa shape index (κ2) is 6.29.